The molecule has 1 amide bonds. The number of fused-ring (bicyclic) bond motifs is 2. The number of amides is 1. The van der Waals surface area contributed by atoms with E-state index in [1.54, 1.807) is 79.9 Å². The maximum atomic E-state index is 14.3. The minimum atomic E-state index is -4.06. The van der Waals surface area contributed by atoms with Gasteiger partial charge in [0.05, 0.1) is 23.2 Å². The molecule has 0 saturated carbocycles. The maximum Gasteiger partial charge on any atom is 0.300 e. The summed E-state index contributed by atoms with van der Waals surface area (Å²) in [6.45, 7) is 5.09. The number of aryl methyl sites for hydroxylation is 1. The number of nitrogens with one attached hydrogen (secondary N) is 3. The van der Waals surface area contributed by atoms with E-state index in [2.05, 4.69) is 41.8 Å². The SMILES string of the molecule is CC(C)NS(=O)(=O)Nc1nn2cccnc2c1C(=O)N[C@@H](C)c1cc2cccc(C#Cc3cnn(C)c3)c2c(=O)n1-c1ccccc1. The highest BCUT2D eigenvalue weighted by Crippen LogP contribution is 2.25. The molecule has 0 aliphatic rings. The van der Waals surface area contributed by atoms with Crippen LogP contribution in [0.5, 0.6) is 0 Å². The number of hydrogen-bond donors (Lipinski definition) is 3. The highest BCUT2D eigenvalue weighted by atomic mass is 32.2. The zero-order valence-electron chi connectivity index (χ0n) is 26.0. The predicted octanol–water partition coefficient (Wildman–Crippen LogP) is 3.31. The molecule has 238 valence electrons. The van der Waals surface area contributed by atoms with Gasteiger partial charge in [-0.25, -0.2) is 9.50 Å². The Hall–Kier alpha value is -5.78. The first-order chi connectivity index (χ1) is 22.5. The molecule has 4 aromatic heterocycles. The van der Waals surface area contributed by atoms with Gasteiger partial charge in [-0.3, -0.25) is 23.6 Å². The summed E-state index contributed by atoms with van der Waals surface area (Å²) in [6.07, 6.45) is 6.48. The van der Waals surface area contributed by atoms with Gasteiger partial charge in [0, 0.05) is 48.6 Å². The average molecular weight is 650 g/mol. The molecule has 0 aliphatic carbocycles. The van der Waals surface area contributed by atoms with Crippen LogP contribution in [0, 0.1) is 11.8 Å². The standard InChI is InChI=1S/C33H31N9O4S/c1-21(2)38-47(45,46)39-30-29(31-34-16-9-17-41(31)37-30)32(43)36-22(3)27-18-25-11-8-10-24(15-14-23-19-35-40(4)20-23)28(25)33(44)42(27)26-12-6-5-7-13-26/h5-13,16-22,38H,1-4H3,(H,36,43)(H,37,39)/t22-/m0/s1. The third kappa shape index (κ3) is 6.48. The van der Waals surface area contributed by atoms with Crippen LogP contribution in [0.15, 0.2) is 90.2 Å². The molecule has 14 heteroatoms. The van der Waals surface area contributed by atoms with Crippen molar-refractivity contribution in [2.75, 3.05) is 4.72 Å². The van der Waals surface area contributed by atoms with Gasteiger partial charge < -0.3 is 5.32 Å². The fourth-order valence-electron chi connectivity index (χ4n) is 5.25. The maximum absolute atomic E-state index is 14.3. The molecule has 0 radical (unpaired) electrons. The van der Waals surface area contributed by atoms with E-state index in [0.717, 1.165) is 0 Å². The normalized spacial score (nSPS) is 12.2. The highest BCUT2D eigenvalue weighted by molar-refractivity contribution is 7.90. The Morgan fingerprint density at radius 3 is 2.51 bits per heavy atom. The van der Waals surface area contributed by atoms with Crippen LogP contribution < -0.4 is 20.3 Å². The highest BCUT2D eigenvalue weighted by Gasteiger charge is 2.27. The van der Waals surface area contributed by atoms with Crippen molar-refractivity contribution in [3.05, 3.63) is 118 Å². The Morgan fingerprint density at radius 1 is 1.00 bits per heavy atom. The van der Waals surface area contributed by atoms with Gasteiger partial charge in [-0.15, -0.1) is 5.10 Å². The summed E-state index contributed by atoms with van der Waals surface area (Å²) in [6, 6.07) is 16.9. The molecule has 0 saturated heterocycles. The number of anilines is 1. The monoisotopic (exact) mass is 649 g/mol. The van der Waals surface area contributed by atoms with Gasteiger partial charge in [0.15, 0.2) is 11.5 Å². The minimum absolute atomic E-state index is 0.0751. The second-order valence-electron chi connectivity index (χ2n) is 11.2. The van der Waals surface area contributed by atoms with Crippen LogP contribution in [0.1, 0.15) is 54.0 Å². The number of pyridine rings is 1. The van der Waals surface area contributed by atoms with Crippen molar-refractivity contribution < 1.29 is 13.2 Å². The van der Waals surface area contributed by atoms with Crippen molar-refractivity contribution in [2.24, 2.45) is 7.05 Å². The molecule has 0 aliphatic heterocycles. The van der Waals surface area contributed by atoms with Crippen molar-refractivity contribution in [2.45, 2.75) is 32.9 Å². The summed E-state index contributed by atoms with van der Waals surface area (Å²) in [5, 5.41) is 12.4. The fraction of sp³-hybridized carbons (Fsp3) is 0.182. The van der Waals surface area contributed by atoms with E-state index in [-0.39, 0.29) is 22.6 Å². The topological polar surface area (TPSA) is 157 Å². The van der Waals surface area contributed by atoms with E-state index in [1.165, 1.54) is 10.7 Å². The molecule has 0 fully saturated rings. The number of carbonyl (C=O) groups is 1. The van der Waals surface area contributed by atoms with Crippen LogP contribution in [-0.2, 0) is 17.3 Å². The number of benzene rings is 2. The van der Waals surface area contributed by atoms with E-state index in [9.17, 15) is 18.0 Å². The van der Waals surface area contributed by atoms with Gasteiger partial charge in [0.25, 0.3) is 11.5 Å². The molecule has 6 aromatic rings. The second-order valence-corrected chi connectivity index (χ2v) is 12.6. The van der Waals surface area contributed by atoms with Crippen LogP contribution in [0.4, 0.5) is 5.82 Å². The molecule has 4 heterocycles. The first kappa shape index (κ1) is 31.2. The van der Waals surface area contributed by atoms with Crippen LogP contribution in [-0.4, -0.2) is 49.3 Å². The van der Waals surface area contributed by atoms with E-state index in [0.29, 0.717) is 33.3 Å². The average Bonchev–Trinajstić information content (AvgIpc) is 3.61. The third-order valence-corrected chi connectivity index (χ3v) is 8.42. The number of nitrogens with zero attached hydrogens (tertiary/aromatic N) is 6. The van der Waals surface area contributed by atoms with E-state index in [1.807, 2.05) is 36.4 Å². The van der Waals surface area contributed by atoms with Crippen molar-refractivity contribution in [3.8, 4) is 17.5 Å². The lowest BCUT2D eigenvalue weighted by Gasteiger charge is -2.21. The Bertz CT molecular complexity index is 2370. The first-order valence-electron chi connectivity index (χ1n) is 14.7. The fourth-order valence-corrected chi connectivity index (χ4v) is 6.33. The summed E-state index contributed by atoms with van der Waals surface area (Å²) in [5.41, 5.74) is 2.11. The molecule has 1 atom stereocenters. The molecule has 0 unspecified atom stereocenters. The third-order valence-electron chi connectivity index (χ3n) is 7.17. The Kier molecular flexibility index (Phi) is 8.33. The summed E-state index contributed by atoms with van der Waals surface area (Å²) in [7, 11) is -2.26. The van der Waals surface area contributed by atoms with E-state index in [4.69, 9.17) is 0 Å². The number of hydrogen-bond acceptors (Lipinski definition) is 7. The molecule has 0 spiro atoms. The van der Waals surface area contributed by atoms with Crippen molar-refractivity contribution in [1.82, 2.24) is 39.0 Å². The second kappa shape index (κ2) is 12.5. The summed E-state index contributed by atoms with van der Waals surface area (Å²) < 4.78 is 34.8. The largest absolute Gasteiger partial charge is 0.344 e. The lowest BCUT2D eigenvalue weighted by molar-refractivity contribution is 0.0941. The number of rotatable bonds is 8. The van der Waals surface area contributed by atoms with Crippen molar-refractivity contribution >= 4 is 38.4 Å². The predicted molar refractivity (Wildman–Crippen MR) is 178 cm³/mol. The summed E-state index contributed by atoms with van der Waals surface area (Å²) >= 11 is 0. The Labute approximate surface area is 270 Å². The van der Waals surface area contributed by atoms with Gasteiger partial charge >= 0.3 is 10.2 Å². The smallest absolute Gasteiger partial charge is 0.300 e. The van der Waals surface area contributed by atoms with Gasteiger partial charge in [-0.1, -0.05) is 42.2 Å². The lowest BCUT2D eigenvalue weighted by Crippen LogP contribution is -2.36. The molecule has 47 heavy (non-hydrogen) atoms. The lowest BCUT2D eigenvalue weighted by atomic mass is 10.0. The quantitative estimate of drug-likeness (QED) is 0.214. The first-order valence-corrected chi connectivity index (χ1v) is 16.2. The number of carbonyl (C=O) groups excluding carboxylic acids is 1. The van der Waals surface area contributed by atoms with Crippen LogP contribution >= 0.6 is 0 Å². The van der Waals surface area contributed by atoms with Crippen LogP contribution in [0.2, 0.25) is 0 Å². The zero-order valence-corrected chi connectivity index (χ0v) is 26.8. The van der Waals surface area contributed by atoms with Gasteiger partial charge in [0.2, 0.25) is 0 Å². The van der Waals surface area contributed by atoms with Gasteiger partial charge in [-0.05, 0) is 56.5 Å². The van der Waals surface area contributed by atoms with Gasteiger partial charge in [0.1, 0.15) is 5.56 Å². The number of aromatic nitrogens is 6. The molecule has 2 aromatic carbocycles. The number of para-hydroxylation sites is 1. The molecule has 6 rings (SSSR count). The Balaban J connectivity index is 1.44. The summed E-state index contributed by atoms with van der Waals surface area (Å²) in [4.78, 5) is 32.5. The van der Waals surface area contributed by atoms with Crippen LogP contribution in [0.25, 0.3) is 22.1 Å². The minimum Gasteiger partial charge on any atom is -0.344 e. The van der Waals surface area contributed by atoms with E-state index >= 15 is 0 Å². The van der Waals surface area contributed by atoms with Crippen molar-refractivity contribution in [1.29, 1.82) is 0 Å². The summed E-state index contributed by atoms with van der Waals surface area (Å²) in [5.74, 6) is 5.37. The zero-order chi connectivity index (χ0) is 33.3. The molecule has 3 N–H and O–H groups in total. The van der Waals surface area contributed by atoms with Gasteiger partial charge in [-0.2, -0.15) is 18.2 Å². The molecule has 13 nitrogen and oxygen atoms in total. The molecular formula is C33H31N9O4S. The van der Waals surface area contributed by atoms with Crippen molar-refractivity contribution in [3.63, 3.8) is 0 Å². The molecule has 0 bridgehead atoms. The molecular weight excluding hydrogens is 618 g/mol. The van der Waals surface area contributed by atoms with Crippen LogP contribution in [0.3, 0.4) is 0 Å². The Morgan fingerprint density at radius 2 is 1.79 bits per heavy atom. The van der Waals surface area contributed by atoms with E-state index < -0.39 is 28.2 Å².